The van der Waals surface area contributed by atoms with Crippen molar-refractivity contribution in [1.82, 2.24) is 0 Å². The van der Waals surface area contributed by atoms with Gasteiger partial charge in [-0.1, -0.05) is 201 Å². The third-order valence-electron chi connectivity index (χ3n) is 7.58. The second-order valence-electron chi connectivity index (χ2n) is 11.2. The van der Waals surface area contributed by atoms with Gasteiger partial charge in [-0.25, -0.2) is 0 Å². The molecular formula is C32H66. The maximum Gasteiger partial charge on any atom is -0.0443 e. The standard InChI is InChI=1S/C32H66/c1-4-6-7-8-9-10-11-12-13-14-15-16-17-18-19-20-21-22-23-24-25-26-27-28-29-31-32(3)30-5-2/h32H,4-31H2,1-3H3/t32-/m1/s1. The van der Waals surface area contributed by atoms with Crippen molar-refractivity contribution in [3.63, 3.8) is 0 Å². The molecule has 0 heteroatoms. The van der Waals surface area contributed by atoms with Crippen LogP contribution in [0.1, 0.15) is 201 Å². The monoisotopic (exact) mass is 451 g/mol. The largest absolute Gasteiger partial charge is 0.0654 e. The van der Waals surface area contributed by atoms with Gasteiger partial charge < -0.3 is 0 Å². The first-order valence-electron chi connectivity index (χ1n) is 15.8. The highest BCUT2D eigenvalue weighted by atomic mass is 14.1. The summed E-state index contributed by atoms with van der Waals surface area (Å²) in [6.07, 6.45) is 41.3. The highest BCUT2D eigenvalue weighted by molar-refractivity contribution is 4.54. The van der Waals surface area contributed by atoms with Gasteiger partial charge in [0.05, 0.1) is 0 Å². The number of rotatable bonds is 28. The van der Waals surface area contributed by atoms with Gasteiger partial charge in [-0.15, -0.1) is 0 Å². The molecule has 0 radical (unpaired) electrons. The molecule has 0 fully saturated rings. The maximum atomic E-state index is 2.43. The molecule has 0 saturated heterocycles. The van der Waals surface area contributed by atoms with Crippen LogP contribution in [0.4, 0.5) is 0 Å². The van der Waals surface area contributed by atoms with Gasteiger partial charge in [-0.3, -0.25) is 0 Å². The molecule has 0 spiro atoms. The van der Waals surface area contributed by atoms with Gasteiger partial charge >= 0.3 is 0 Å². The number of unbranched alkanes of at least 4 members (excludes halogenated alkanes) is 24. The lowest BCUT2D eigenvalue weighted by atomic mass is 9.98. The SMILES string of the molecule is CCCCCCCCCCCCCCCCCCCCCCCCCCC[C@H](C)CCC. The van der Waals surface area contributed by atoms with Gasteiger partial charge in [0.1, 0.15) is 0 Å². The van der Waals surface area contributed by atoms with E-state index in [-0.39, 0.29) is 0 Å². The molecule has 0 heterocycles. The molecule has 0 aliphatic carbocycles. The summed E-state index contributed by atoms with van der Waals surface area (Å²) in [4.78, 5) is 0. The minimum atomic E-state index is 0.963. The molecule has 32 heavy (non-hydrogen) atoms. The first-order chi connectivity index (χ1) is 15.8. The van der Waals surface area contributed by atoms with Crippen LogP contribution >= 0.6 is 0 Å². The molecule has 0 amide bonds. The molecule has 0 aliphatic heterocycles. The van der Waals surface area contributed by atoms with Crippen LogP contribution in [0.5, 0.6) is 0 Å². The highest BCUT2D eigenvalue weighted by Crippen LogP contribution is 2.17. The average Bonchev–Trinajstić information content (AvgIpc) is 2.79. The molecule has 0 aliphatic rings. The Morgan fingerprint density at radius 1 is 0.281 bits per heavy atom. The summed E-state index contributed by atoms with van der Waals surface area (Å²) in [5.74, 6) is 0.963. The Bertz CT molecular complexity index is 307. The lowest BCUT2D eigenvalue weighted by Gasteiger charge is -2.09. The first kappa shape index (κ1) is 32.0. The van der Waals surface area contributed by atoms with E-state index in [9.17, 15) is 0 Å². The van der Waals surface area contributed by atoms with Gasteiger partial charge in [-0.2, -0.15) is 0 Å². The summed E-state index contributed by atoms with van der Waals surface area (Å²) >= 11 is 0. The van der Waals surface area contributed by atoms with Crippen molar-refractivity contribution in [2.24, 2.45) is 5.92 Å². The maximum absolute atomic E-state index is 2.43. The number of hydrogen-bond donors (Lipinski definition) is 0. The minimum Gasteiger partial charge on any atom is -0.0654 e. The van der Waals surface area contributed by atoms with E-state index in [1.54, 1.807) is 0 Å². The lowest BCUT2D eigenvalue weighted by molar-refractivity contribution is 0.449. The Balaban J connectivity index is 3.02. The molecular weight excluding hydrogens is 384 g/mol. The quantitative estimate of drug-likeness (QED) is 0.104. The predicted octanol–water partition coefficient (Wildman–Crippen LogP) is 12.6. The van der Waals surface area contributed by atoms with E-state index >= 15 is 0 Å². The molecule has 194 valence electrons. The summed E-state index contributed by atoms with van der Waals surface area (Å²) in [5.41, 5.74) is 0. The lowest BCUT2D eigenvalue weighted by Crippen LogP contribution is -1.93. The topological polar surface area (TPSA) is 0 Å². The Morgan fingerprint density at radius 3 is 0.781 bits per heavy atom. The second kappa shape index (κ2) is 29.0. The molecule has 1 atom stereocenters. The van der Waals surface area contributed by atoms with Crippen molar-refractivity contribution >= 4 is 0 Å². The van der Waals surface area contributed by atoms with Crippen LogP contribution in [0.3, 0.4) is 0 Å². The smallest absolute Gasteiger partial charge is 0.0443 e. The van der Waals surface area contributed by atoms with E-state index in [2.05, 4.69) is 20.8 Å². The third-order valence-corrected chi connectivity index (χ3v) is 7.58. The Hall–Kier alpha value is 0. The van der Waals surface area contributed by atoms with Crippen molar-refractivity contribution in [2.75, 3.05) is 0 Å². The van der Waals surface area contributed by atoms with E-state index in [1.165, 1.54) is 180 Å². The molecule has 0 aromatic rings. The summed E-state index contributed by atoms with van der Waals surface area (Å²) in [7, 11) is 0. The van der Waals surface area contributed by atoms with Crippen molar-refractivity contribution < 1.29 is 0 Å². The fourth-order valence-corrected chi connectivity index (χ4v) is 5.27. The van der Waals surface area contributed by atoms with Gasteiger partial charge in [0.2, 0.25) is 0 Å². The first-order valence-corrected chi connectivity index (χ1v) is 15.8. The molecule has 0 bridgehead atoms. The Labute approximate surface area is 206 Å². The van der Waals surface area contributed by atoms with Crippen molar-refractivity contribution in [1.29, 1.82) is 0 Å². The van der Waals surface area contributed by atoms with Crippen molar-refractivity contribution in [3.05, 3.63) is 0 Å². The van der Waals surface area contributed by atoms with Crippen LogP contribution < -0.4 is 0 Å². The van der Waals surface area contributed by atoms with Gasteiger partial charge in [0, 0.05) is 0 Å². The Kier molecular flexibility index (Phi) is 29.0. The Morgan fingerprint density at radius 2 is 0.531 bits per heavy atom. The van der Waals surface area contributed by atoms with E-state index in [1.807, 2.05) is 0 Å². The van der Waals surface area contributed by atoms with Crippen LogP contribution in [0, 0.1) is 5.92 Å². The van der Waals surface area contributed by atoms with Gasteiger partial charge in [-0.05, 0) is 5.92 Å². The number of hydrogen-bond acceptors (Lipinski definition) is 0. The van der Waals surface area contributed by atoms with Crippen LogP contribution in [0.25, 0.3) is 0 Å². The van der Waals surface area contributed by atoms with Crippen LogP contribution in [0.2, 0.25) is 0 Å². The summed E-state index contributed by atoms with van der Waals surface area (Å²) in [6, 6.07) is 0. The van der Waals surface area contributed by atoms with Gasteiger partial charge in [0.25, 0.3) is 0 Å². The predicted molar refractivity (Wildman–Crippen MR) is 150 cm³/mol. The van der Waals surface area contributed by atoms with Crippen LogP contribution in [0.15, 0.2) is 0 Å². The van der Waals surface area contributed by atoms with Gasteiger partial charge in [0.15, 0.2) is 0 Å². The van der Waals surface area contributed by atoms with Crippen LogP contribution in [-0.4, -0.2) is 0 Å². The van der Waals surface area contributed by atoms with E-state index in [0.717, 1.165) is 5.92 Å². The molecule has 0 nitrogen and oxygen atoms in total. The highest BCUT2D eigenvalue weighted by Gasteiger charge is 2.00. The van der Waals surface area contributed by atoms with Crippen molar-refractivity contribution in [3.8, 4) is 0 Å². The van der Waals surface area contributed by atoms with E-state index < -0.39 is 0 Å². The fraction of sp³-hybridized carbons (Fsp3) is 1.00. The third kappa shape index (κ3) is 28.0. The zero-order valence-electron chi connectivity index (χ0n) is 23.4. The van der Waals surface area contributed by atoms with Crippen molar-refractivity contribution in [2.45, 2.75) is 201 Å². The molecule has 0 aromatic heterocycles. The summed E-state index contributed by atoms with van der Waals surface area (Å²) in [6.45, 7) is 7.06. The molecule has 0 unspecified atom stereocenters. The summed E-state index contributed by atoms with van der Waals surface area (Å²) < 4.78 is 0. The molecule has 0 saturated carbocycles. The second-order valence-corrected chi connectivity index (χ2v) is 11.2. The fourth-order valence-electron chi connectivity index (χ4n) is 5.27. The zero-order chi connectivity index (χ0) is 23.4. The van der Waals surface area contributed by atoms with Crippen LogP contribution in [-0.2, 0) is 0 Å². The average molecular weight is 451 g/mol. The molecule has 0 N–H and O–H groups in total. The van der Waals surface area contributed by atoms with E-state index in [4.69, 9.17) is 0 Å². The molecule has 0 aromatic carbocycles. The molecule has 0 rings (SSSR count). The minimum absolute atomic E-state index is 0.963. The zero-order valence-corrected chi connectivity index (χ0v) is 23.4. The van der Waals surface area contributed by atoms with E-state index in [0.29, 0.717) is 0 Å². The summed E-state index contributed by atoms with van der Waals surface area (Å²) in [5, 5.41) is 0. The normalized spacial score (nSPS) is 12.5.